The van der Waals surface area contributed by atoms with Crippen LogP contribution in [0.1, 0.15) is 35.5 Å². The minimum atomic E-state index is -0.108. The standard InChI is InChI=1S/C14H15NO3/c1-9(2)18-12-6-11(7-15-8-12)14(16)13-4-5-17-10(13)3/h4-9H,1-3H3. The molecule has 0 amide bonds. The molecule has 0 aliphatic heterocycles. The summed E-state index contributed by atoms with van der Waals surface area (Å²) in [5.41, 5.74) is 1.05. The van der Waals surface area contributed by atoms with Crippen LogP contribution in [-0.2, 0) is 0 Å². The number of ether oxygens (including phenoxy) is 1. The molecule has 0 saturated carbocycles. The van der Waals surface area contributed by atoms with Gasteiger partial charge in [-0.15, -0.1) is 0 Å². The average molecular weight is 245 g/mol. The number of aromatic nitrogens is 1. The van der Waals surface area contributed by atoms with Crippen molar-refractivity contribution in [3.63, 3.8) is 0 Å². The maximum atomic E-state index is 12.2. The molecule has 0 aliphatic rings. The van der Waals surface area contributed by atoms with Crippen LogP contribution in [0.3, 0.4) is 0 Å². The van der Waals surface area contributed by atoms with E-state index in [9.17, 15) is 4.79 Å². The van der Waals surface area contributed by atoms with E-state index in [4.69, 9.17) is 9.15 Å². The molecule has 0 aromatic carbocycles. The Labute approximate surface area is 106 Å². The van der Waals surface area contributed by atoms with Crippen LogP contribution in [0, 0.1) is 6.92 Å². The Balaban J connectivity index is 2.29. The van der Waals surface area contributed by atoms with E-state index in [1.165, 1.54) is 12.5 Å². The summed E-state index contributed by atoms with van der Waals surface area (Å²) in [6, 6.07) is 3.36. The van der Waals surface area contributed by atoms with E-state index < -0.39 is 0 Å². The van der Waals surface area contributed by atoms with Gasteiger partial charge in [-0.3, -0.25) is 9.78 Å². The monoisotopic (exact) mass is 245 g/mol. The predicted octanol–water partition coefficient (Wildman–Crippen LogP) is 3.00. The molecule has 0 fully saturated rings. The second-order valence-electron chi connectivity index (χ2n) is 4.30. The van der Waals surface area contributed by atoms with Gasteiger partial charge in [-0.2, -0.15) is 0 Å². The summed E-state index contributed by atoms with van der Waals surface area (Å²) < 4.78 is 10.6. The Bertz CT molecular complexity index is 558. The largest absolute Gasteiger partial charge is 0.489 e. The fourth-order valence-corrected chi connectivity index (χ4v) is 1.66. The average Bonchev–Trinajstić information content (AvgIpc) is 2.74. The van der Waals surface area contributed by atoms with Crippen LogP contribution in [0.5, 0.6) is 5.75 Å². The number of nitrogens with zero attached hydrogens (tertiary/aromatic N) is 1. The van der Waals surface area contributed by atoms with Crippen LogP contribution in [0.15, 0.2) is 35.2 Å². The van der Waals surface area contributed by atoms with Gasteiger partial charge in [-0.25, -0.2) is 0 Å². The Hall–Kier alpha value is -2.10. The number of pyridine rings is 1. The van der Waals surface area contributed by atoms with Crippen molar-refractivity contribution in [3.05, 3.63) is 47.7 Å². The van der Waals surface area contributed by atoms with Gasteiger partial charge in [0.1, 0.15) is 11.5 Å². The van der Waals surface area contributed by atoms with Crippen LogP contribution >= 0.6 is 0 Å². The molecular weight excluding hydrogens is 230 g/mol. The molecule has 18 heavy (non-hydrogen) atoms. The first-order valence-corrected chi connectivity index (χ1v) is 5.78. The Morgan fingerprint density at radius 1 is 1.39 bits per heavy atom. The molecule has 0 aliphatic carbocycles. The first kappa shape index (κ1) is 12.4. The summed E-state index contributed by atoms with van der Waals surface area (Å²) in [5, 5.41) is 0. The fraction of sp³-hybridized carbons (Fsp3) is 0.286. The van der Waals surface area contributed by atoms with E-state index in [0.717, 1.165) is 0 Å². The van der Waals surface area contributed by atoms with Crippen LogP contribution in [0.4, 0.5) is 0 Å². The predicted molar refractivity (Wildman–Crippen MR) is 66.9 cm³/mol. The van der Waals surface area contributed by atoms with Gasteiger partial charge in [0.25, 0.3) is 0 Å². The van der Waals surface area contributed by atoms with Crippen LogP contribution in [-0.4, -0.2) is 16.9 Å². The second-order valence-corrected chi connectivity index (χ2v) is 4.30. The third-order valence-corrected chi connectivity index (χ3v) is 2.45. The number of carbonyl (C=O) groups is 1. The summed E-state index contributed by atoms with van der Waals surface area (Å²) in [5.74, 6) is 1.09. The first-order chi connectivity index (χ1) is 8.58. The highest BCUT2D eigenvalue weighted by atomic mass is 16.5. The maximum Gasteiger partial charge on any atom is 0.198 e. The van der Waals surface area contributed by atoms with Gasteiger partial charge in [-0.05, 0) is 32.9 Å². The third-order valence-electron chi connectivity index (χ3n) is 2.45. The Morgan fingerprint density at radius 3 is 2.78 bits per heavy atom. The van der Waals surface area contributed by atoms with Gasteiger partial charge < -0.3 is 9.15 Å². The lowest BCUT2D eigenvalue weighted by Crippen LogP contribution is -2.08. The van der Waals surface area contributed by atoms with E-state index in [-0.39, 0.29) is 11.9 Å². The molecule has 2 aromatic heterocycles. The molecule has 0 saturated heterocycles. The van der Waals surface area contributed by atoms with Crippen molar-refractivity contribution >= 4 is 5.78 Å². The second kappa shape index (κ2) is 5.04. The van der Waals surface area contributed by atoms with E-state index in [1.807, 2.05) is 13.8 Å². The number of ketones is 1. The highest BCUT2D eigenvalue weighted by Crippen LogP contribution is 2.18. The van der Waals surface area contributed by atoms with E-state index in [0.29, 0.717) is 22.6 Å². The number of aryl methyl sites for hydroxylation is 1. The number of carbonyl (C=O) groups excluding carboxylic acids is 1. The van der Waals surface area contributed by atoms with Crippen molar-refractivity contribution in [2.45, 2.75) is 26.9 Å². The summed E-state index contributed by atoms with van der Waals surface area (Å²) in [7, 11) is 0. The van der Waals surface area contributed by atoms with Crippen molar-refractivity contribution < 1.29 is 13.9 Å². The summed E-state index contributed by atoms with van der Waals surface area (Å²) in [4.78, 5) is 16.2. The molecule has 2 rings (SSSR count). The number of rotatable bonds is 4. The van der Waals surface area contributed by atoms with E-state index >= 15 is 0 Å². The molecule has 4 nitrogen and oxygen atoms in total. The summed E-state index contributed by atoms with van der Waals surface area (Å²) in [6.07, 6.45) is 4.68. The van der Waals surface area contributed by atoms with Crippen molar-refractivity contribution in [1.29, 1.82) is 0 Å². The Morgan fingerprint density at radius 2 is 2.17 bits per heavy atom. The zero-order chi connectivity index (χ0) is 13.1. The zero-order valence-corrected chi connectivity index (χ0v) is 10.6. The number of furan rings is 1. The maximum absolute atomic E-state index is 12.2. The topological polar surface area (TPSA) is 52.3 Å². The highest BCUT2D eigenvalue weighted by Gasteiger charge is 2.15. The third kappa shape index (κ3) is 2.59. The first-order valence-electron chi connectivity index (χ1n) is 5.78. The minimum absolute atomic E-state index is 0.0489. The molecular formula is C14H15NO3. The van der Waals surface area contributed by atoms with Gasteiger partial charge in [0.05, 0.1) is 24.1 Å². The van der Waals surface area contributed by atoms with Crippen molar-refractivity contribution in [2.75, 3.05) is 0 Å². The molecule has 4 heteroatoms. The normalized spacial score (nSPS) is 10.7. The number of hydrogen-bond donors (Lipinski definition) is 0. The highest BCUT2D eigenvalue weighted by molar-refractivity contribution is 6.09. The molecule has 2 aromatic rings. The molecule has 0 unspecified atom stereocenters. The lowest BCUT2D eigenvalue weighted by Gasteiger charge is -2.09. The molecule has 0 atom stereocenters. The van der Waals surface area contributed by atoms with Gasteiger partial charge in [-0.1, -0.05) is 0 Å². The smallest absolute Gasteiger partial charge is 0.198 e. The lowest BCUT2D eigenvalue weighted by atomic mass is 10.1. The molecule has 0 bridgehead atoms. The number of hydrogen-bond acceptors (Lipinski definition) is 4. The molecule has 0 radical (unpaired) electrons. The van der Waals surface area contributed by atoms with E-state index in [2.05, 4.69) is 4.98 Å². The molecule has 0 N–H and O–H groups in total. The van der Waals surface area contributed by atoms with Crippen molar-refractivity contribution in [2.24, 2.45) is 0 Å². The molecule has 2 heterocycles. The SMILES string of the molecule is Cc1occc1C(=O)c1cncc(OC(C)C)c1. The quantitative estimate of drug-likeness (QED) is 0.777. The van der Waals surface area contributed by atoms with Crippen molar-refractivity contribution in [1.82, 2.24) is 4.98 Å². The lowest BCUT2D eigenvalue weighted by molar-refractivity contribution is 0.103. The minimum Gasteiger partial charge on any atom is -0.489 e. The molecule has 94 valence electrons. The fourth-order valence-electron chi connectivity index (χ4n) is 1.66. The van der Waals surface area contributed by atoms with E-state index in [1.54, 1.807) is 25.3 Å². The van der Waals surface area contributed by atoms with Gasteiger partial charge in [0.15, 0.2) is 5.78 Å². The van der Waals surface area contributed by atoms with Gasteiger partial charge >= 0.3 is 0 Å². The van der Waals surface area contributed by atoms with Crippen LogP contribution in [0.25, 0.3) is 0 Å². The summed E-state index contributed by atoms with van der Waals surface area (Å²) in [6.45, 7) is 5.61. The zero-order valence-electron chi connectivity index (χ0n) is 10.6. The van der Waals surface area contributed by atoms with Gasteiger partial charge in [0, 0.05) is 11.8 Å². The van der Waals surface area contributed by atoms with Crippen LogP contribution in [0.2, 0.25) is 0 Å². The van der Waals surface area contributed by atoms with Crippen molar-refractivity contribution in [3.8, 4) is 5.75 Å². The summed E-state index contributed by atoms with van der Waals surface area (Å²) >= 11 is 0. The van der Waals surface area contributed by atoms with Gasteiger partial charge in [0.2, 0.25) is 0 Å². The van der Waals surface area contributed by atoms with Crippen LogP contribution < -0.4 is 4.74 Å². The molecule has 0 spiro atoms. The Kier molecular flexibility index (Phi) is 3.46.